The van der Waals surface area contributed by atoms with Crippen molar-refractivity contribution in [3.8, 4) is 0 Å². The Morgan fingerprint density at radius 3 is 2.69 bits per heavy atom. The van der Waals surface area contributed by atoms with Gasteiger partial charge in [-0.25, -0.2) is 4.98 Å². The Morgan fingerprint density at radius 1 is 1.44 bits per heavy atom. The minimum absolute atomic E-state index is 0.133. The van der Waals surface area contributed by atoms with Crippen LogP contribution in [-0.2, 0) is 6.54 Å². The third kappa shape index (κ3) is 2.23. The van der Waals surface area contributed by atoms with E-state index >= 15 is 0 Å². The highest BCUT2D eigenvalue weighted by Crippen LogP contribution is 2.07. The Morgan fingerprint density at radius 2 is 2.12 bits per heavy atom. The highest BCUT2D eigenvalue weighted by atomic mass is 16.1. The zero-order valence-electron chi connectivity index (χ0n) is 9.44. The lowest BCUT2D eigenvalue weighted by Crippen LogP contribution is -2.45. The molecule has 1 aromatic heterocycles. The minimum Gasteiger partial charge on any atom is -0.340 e. The van der Waals surface area contributed by atoms with Crippen molar-refractivity contribution in [1.29, 1.82) is 0 Å². The zero-order chi connectivity index (χ0) is 11.5. The number of likely N-dealkylation sites (N-methyl/N-ethyl adjacent to an activating group) is 1. The molecule has 0 unspecified atom stereocenters. The van der Waals surface area contributed by atoms with Crippen molar-refractivity contribution in [2.75, 3.05) is 38.1 Å². The molecule has 16 heavy (non-hydrogen) atoms. The van der Waals surface area contributed by atoms with Crippen molar-refractivity contribution in [2.24, 2.45) is 5.73 Å². The molecule has 3 N–H and O–H groups in total. The van der Waals surface area contributed by atoms with Crippen LogP contribution in [0.15, 0.2) is 11.0 Å². The second-order valence-electron chi connectivity index (χ2n) is 4.06. The van der Waals surface area contributed by atoms with E-state index in [1.54, 1.807) is 6.20 Å². The van der Waals surface area contributed by atoms with Crippen LogP contribution in [0.25, 0.3) is 0 Å². The molecule has 0 amide bonds. The number of nitrogens with two attached hydrogens (primary N) is 1. The molecular formula is C10H17N5O. The van der Waals surface area contributed by atoms with Crippen LogP contribution in [0.3, 0.4) is 0 Å². The van der Waals surface area contributed by atoms with Gasteiger partial charge in [0.1, 0.15) is 0 Å². The van der Waals surface area contributed by atoms with Crippen molar-refractivity contribution < 1.29 is 0 Å². The fourth-order valence-electron chi connectivity index (χ4n) is 1.74. The van der Waals surface area contributed by atoms with Gasteiger partial charge >= 0.3 is 0 Å². The van der Waals surface area contributed by atoms with Gasteiger partial charge < -0.3 is 15.5 Å². The van der Waals surface area contributed by atoms with Crippen molar-refractivity contribution in [1.82, 2.24) is 14.9 Å². The number of nitrogens with one attached hydrogen (secondary N) is 1. The summed E-state index contributed by atoms with van der Waals surface area (Å²) >= 11 is 0. The second kappa shape index (κ2) is 4.63. The molecule has 0 atom stereocenters. The predicted octanol–water partition coefficient (Wildman–Crippen LogP) is -1.02. The van der Waals surface area contributed by atoms with Gasteiger partial charge in [0.2, 0.25) is 5.95 Å². The third-order valence-corrected chi connectivity index (χ3v) is 2.88. The van der Waals surface area contributed by atoms with E-state index in [1.165, 1.54) is 0 Å². The Labute approximate surface area is 94.1 Å². The van der Waals surface area contributed by atoms with Crippen molar-refractivity contribution in [3.63, 3.8) is 0 Å². The summed E-state index contributed by atoms with van der Waals surface area (Å²) in [4.78, 5) is 22.9. The smallest absolute Gasteiger partial charge is 0.256 e. The number of aromatic amines is 1. The molecule has 0 radical (unpaired) electrons. The van der Waals surface area contributed by atoms with Crippen molar-refractivity contribution in [3.05, 3.63) is 22.1 Å². The van der Waals surface area contributed by atoms with Crippen LogP contribution < -0.4 is 16.2 Å². The first-order valence-corrected chi connectivity index (χ1v) is 5.42. The average Bonchev–Trinajstić information content (AvgIpc) is 2.30. The van der Waals surface area contributed by atoms with E-state index in [9.17, 15) is 4.79 Å². The molecule has 88 valence electrons. The Hall–Kier alpha value is -1.40. The fourth-order valence-corrected chi connectivity index (χ4v) is 1.74. The van der Waals surface area contributed by atoms with Gasteiger partial charge in [0.05, 0.1) is 0 Å². The molecule has 1 saturated heterocycles. The third-order valence-electron chi connectivity index (χ3n) is 2.88. The van der Waals surface area contributed by atoms with Crippen LogP contribution in [0, 0.1) is 0 Å². The van der Waals surface area contributed by atoms with Gasteiger partial charge in [-0.15, -0.1) is 0 Å². The maximum absolute atomic E-state index is 11.6. The standard InChI is InChI=1S/C10H17N5O/c1-14-2-4-15(5-3-14)10-12-7-8(6-11)9(16)13-10/h7H,2-6,11H2,1H3,(H,12,13,16). The summed E-state index contributed by atoms with van der Waals surface area (Å²) in [6, 6.07) is 0. The van der Waals surface area contributed by atoms with E-state index in [0.29, 0.717) is 11.5 Å². The molecule has 0 spiro atoms. The number of anilines is 1. The molecule has 0 aliphatic carbocycles. The van der Waals surface area contributed by atoms with Crippen LogP contribution in [-0.4, -0.2) is 48.1 Å². The first kappa shape index (κ1) is 11.1. The second-order valence-corrected chi connectivity index (χ2v) is 4.06. The SMILES string of the molecule is CN1CCN(c2ncc(CN)c(=O)[nH]2)CC1. The summed E-state index contributed by atoms with van der Waals surface area (Å²) in [6.07, 6.45) is 1.56. The van der Waals surface area contributed by atoms with Crippen LogP contribution in [0.5, 0.6) is 0 Å². The summed E-state index contributed by atoms with van der Waals surface area (Å²) < 4.78 is 0. The molecule has 6 heteroatoms. The molecular weight excluding hydrogens is 206 g/mol. The topological polar surface area (TPSA) is 78.2 Å². The maximum atomic E-state index is 11.6. The normalized spacial score (nSPS) is 17.8. The molecule has 6 nitrogen and oxygen atoms in total. The summed E-state index contributed by atoms with van der Waals surface area (Å²) in [5.41, 5.74) is 5.81. The molecule has 0 saturated carbocycles. The molecule has 2 heterocycles. The Balaban J connectivity index is 2.15. The average molecular weight is 223 g/mol. The van der Waals surface area contributed by atoms with Gasteiger partial charge in [0.25, 0.3) is 5.56 Å². The largest absolute Gasteiger partial charge is 0.340 e. The van der Waals surface area contributed by atoms with Crippen LogP contribution in [0.1, 0.15) is 5.56 Å². The Bertz CT molecular complexity index is 408. The molecule has 1 aliphatic rings. The minimum atomic E-state index is -0.133. The van der Waals surface area contributed by atoms with Crippen molar-refractivity contribution in [2.45, 2.75) is 6.54 Å². The van der Waals surface area contributed by atoms with Gasteiger partial charge in [-0.05, 0) is 7.05 Å². The number of H-pyrrole nitrogens is 1. The van der Waals surface area contributed by atoms with Crippen LogP contribution >= 0.6 is 0 Å². The van der Waals surface area contributed by atoms with Gasteiger partial charge in [-0.1, -0.05) is 0 Å². The Kier molecular flexibility index (Phi) is 3.21. The number of hydrogen-bond acceptors (Lipinski definition) is 5. The summed E-state index contributed by atoms with van der Waals surface area (Å²) in [5.74, 6) is 0.648. The maximum Gasteiger partial charge on any atom is 0.256 e. The van der Waals surface area contributed by atoms with E-state index in [2.05, 4.69) is 26.8 Å². The van der Waals surface area contributed by atoms with E-state index < -0.39 is 0 Å². The van der Waals surface area contributed by atoms with Gasteiger partial charge in [0.15, 0.2) is 0 Å². The highest BCUT2D eigenvalue weighted by molar-refractivity contribution is 5.30. The molecule has 2 rings (SSSR count). The number of aromatic nitrogens is 2. The molecule has 1 aromatic rings. The van der Waals surface area contributed by atoms with E-state index in [4.69, 9.17) is 5.73 Å². The lowest BCUT2D eigenvalue weighted by Gasteiger charge is -2.32. The zero-order valence-corrected chi connectivity index (χ0v) is 9.44. The monoisotopic (exact) mass is 223 g/mol. The van der Waals surface area contributed by atoms with Crippen LogP contribution in [0.2, 0.25) is 0 Å². The summed E-state index contributed by atoms with van der Waals surface area (Å²) in [6.45, 7) is 3.98. The fraction of sp³-hybridized carbons (Fsp3) is 0.600. The van der Waals surface area contributed by atoms with Gasteiger partial charge in [0, 0.05) is 44.5 Å². The van der Waals surface area contributed by atoms with Gasteiger partial charge in [-0.2, -0.15) is 0 Å². The number of rotatable bonds is 2. The first-order valence-electron chi connectivity index (χ1n) is 5.42. The quantitative estimate of drug-likeness (QED) is 0.671. The molecule has 0 aromatic carbocycles. The van der Waals surface area contributed by atoms with Crippen molar-refractivity contribution >= 4 is 5.95 Å². The van der Waals surface area contributed by atoms with E-state index in [0.717, 1.165) is 26.2 Å². The highest BCUT2D eigenvalue weighted by Gasteiger charge is 2.16. The number of piperazine rings is 1. The summed E-state index contributed by atoms with van der Waals surface area (Å²) in [7, 11) is 2.09. The molecule has 1 fully saturated rings. The number of hydrogen-bond donors (Lipinski definition) is 2. The van der Waals surface area contributed by atoms with E-state index in [-0.39, 0.29) is 12.1 Å². The lowest BCUT2D eigenvalue weighted by molar-refractivity contribution is 0.311. The first-order chi connectivity index (χ1) is 7.70. The summed E-state index contributed by atoms with van der Waals surface area (Å²) in [5, 5.41) is 0. The lowest BCUT2D eigenvalue weighted by atomic mass is 10.3. The predicted molar refractivity (Wildman–Crippen MR) is 62.5 cm³/mol. The van der Waals surface area contributed by atoms with Gasteiger partial charge in [-0.3, -0.25) is 9.78 Å². The molecule has 0 bridgehead atoms. The van der Waals surface area contributed by atoms with Crippen LogP contribution in [0.4, 0.5) is 5.95 Å². The molecule has 1 aliphatic heterocycles. The number of nitrogens with zero attached hydrogens (tertiary/aromatic N) is 3. The van der Waals surface area contributed by atoms with E-state index in [1.807, 2.05) is 0 Å².